The van der Waals surface area contributed by atoms with Crippen molar-refractivity contribution in [2.24, 2.45) is 0 Å². The molecule has 7 heteroatoms. The summed E-state index contributed by atoms with van der Waals surface area (Å²) in [6.07, 6.45) is -4.56. The average molecular weight is 376 g/mol. The Balaban J connectivity index is 2.39. The smallest absolute Gasteiger partial charge is 0.354 e. The number of halogens is 5. The topological polar surface area (TPSA) is 35.8 Å². The number of nitrogens with one attached hydrogen (secondary N) is 1. The lowest BCUT2D eigenvalue weighted by Gasteiger charge is -2.12. The van der Waals surface area contributed by atoms with E-state index in [1.807, 2.05) is 0 Å². The zero-order chi connectivity index (χ0) is 15.6. The maximum absolute atomic E-state index is 12.7. The summed E-state index contributed by atoms with van der Waals surface area (Å²) < 4.78 is 38.9. The van der Waals surface area contributed by atoms with E-state index < -0.39 is 17.3 Å². The fourth-order valence-electron chi connectivity index (χ4n) is 1.71. The van der Waals surface area contributed by atoms with Gasteiger partial charge in [-0.3, -0.25) is 0 Å². The number of hydrogen-bond acceptors (Lipinski definition) is 2. The van der Waals surface area contributed by atoms with Crippen molar-refractivity contribution in [1.29, 1.82) is 5.26 Å². The molecule has 2 rings (SSSR count). The first kappa shape index (κ1) is 15.7. The standard InChI is InChI=1S/C14H7BrClF3N2/c15-9-1-4-12(16)13(6-9)21-10-2-3-11(14(17,18)19)8(5-10)7-20/h1-6,21H. The number of alkyl halides is 3. The van der Waals surface area contributed by atoms with Gasteiger partial charge in [0.2, 0.25) is 0 Å². The molecule has 0 bridgehead atoms. The van der Waals surface area contributed by atoms with Crippen LogP contribution >= 0.6 is 27.5 Å². The Morgan fingerprint density at radius 2 is 1.86 bits per heavy atom. The number of nitrogens with zero attached hydrogens (tertiary/aromatic N) is 1. The van der Waals surface area contributed by atoms with E-state index in [1.165, 1.54) is 6.07 Å². The predicted molar refractivity (Wildman–Crippen MR) is 78.6 cm³/mol. The Morgan fingerprint density at radius 3 is 2.48 bits per heavy atom. The molecule has 2 nitrogen and oxygen atoms in total. The lowest BCUT2D eigenvalue weighted by atomic mass is 10.1. The summed E-state index contributed by atoms with van der Waals surface area (Å²) in [6.45, 7) is 0. The molecule has 108 valence electrons. The predicted octanol–water partition coefficient (Wildman–Crippen LogP) is 5.74. The normalized spacial score (nSPS) is 11.0. The van der Waals surface area contributed by atoms with Crippen molar-refractivity contribution in [3.63, 3.8) is 0 Å². The average Bonchev–Trinajstić information content (AvgIpc) is 2.41. The molecule has 0 radical (unpaired) electrons. The molecule has 0 heterocycles. The van der Waals surface area contributed by atoms with Gasteiger partial charge in [-0.15, -0.1) is 0 Å². The van der Waals surface area contributed by atoms with E-state index in [9.17, 15) is 13.2 Å². The Bertz CT molecular complexity index is 723. The first-order chi connectivity index (χ1) is 9.81. The molecule has 21 heavy (non-hydrogen) atoms. The largest absolute Gasteiger partial charge is 0.417 e. The van der Waals surface area contributed by atoms with E-state index in [4.69, 9.17) is 16.9 Å². The van der Waals surface area contributed by atoms with Crippen LogP contribution in [0, 0.1) is 11.3 Å². The molecule has 0 aliphatic carbocycles. The van der Waals surface area contributed by atoms with Crippen molar-refractivity contribution in [3.05, 3.63) is 57.0 Å². The number of rotatable bonds is 2. The third-order valence-corrected chi connectivity index (χ3v) is 3.48. The molecular weight excluding hydrogens is 369 g/mol. The minimum atomic E-state index is -4.56. The molecule has 0 saturated heterocycles. The molecule has 0 atom stereocenters. The fraction of sp³-hybridized carbons (Fsp3) is 0.0714. The Hall–Kier alpha value is -1.71. The van der Waals surface area contributed by atoms with Gasteiger partial charge in [0, 0.05) is 10.2 Å². The summed E-state index contributed by atoms with van der Waals surface area (Å²) in [5.74, 6) is 0. The van der Waals surface area contributed by atoms with Crippen LogP contribution in [0.2, 0.25) is 5.02 Å². The molecule has 0 spiro atoms. The van der Waals surface area contributed by atoms with Crippen LogP contribution in [-0.4, -0.2) is 0 Å². The van der Waals surface area contributed by atoms with E-state index in [2.05, 4.69) is 21.2 Å². The second-order valence-corrected chi connectivity index (χ2v) is 5.44. The van der Waals surface area contributed by atoms with Gasteiger partial charge in [0.05, 0.1) is 27.9 Å². The second-order valence-electron chi connectivity index (χ2n) is 4.12. The fourth-order valence-corrected chi connectivity index (χ4v) is 2.24. The second kappa shape index (κ2) is 5.96. The zero-order valence-electron chi connectivity index (χ0n) is 10.3. The summed E-state index contributed by atoms with van der Waals surface area (Å²) in [5, 5.41) is 12.2. The Morgan fingerprint density at radius 1 is 1.14 bits per heavy atom. The van der Waals surface area contributed by atoms with Gasteiger partial charge in [-0.1, -0.05) is 27.5 Å². The Kier molecular flexibility index (Phi) is 4.45. The highest BCUT2D eigenvalue weighted by Crippen LogP contribution is 2.34. The number of nitriles is 1. The van der Waals surface area contributed by atoms with Gasteiger partial charge in [0.15, 0.2) is 0 Å². The van der Waals surface area contributed by atoms with Gasteiger partial charge >= 0.3 is 6.18 Å². The van der Waals surface area contributed by atoms with E-state index in [0.717, 1.165) is 16.6 Å². The molecule has 0 aromatic heterocycles. The molecule has 0 amide bonds. The molecular formula is C14H7BrClF3N2. The molecule has 0 unspecified atom stereocenters. The molecule has 2 aromatic carbocycles. The van der Waals surface area contributed by atoms with Gasteiger partial charge in [0.1, 0.15) is 0 Å². The van der Waals surface area contributed by atoms with Crippen molar-refractivity contribution in [1.82, 2.24) is 0 Å². The quantitative estimate of drug-likeness (QED) is 0.727. The monoisotopic (exact) mass is 374 g/mol. The summed E-state index contributed by atoms with van der Waals surface area (Å²) >= 11 is 9.27. The van der Waals surface area contributed by atoms with E-state index >= 15 is 0 Å². The summed E-state index contributed by atoms with van der Waals surface area (Å²) in [7, 11) is 0. The van der Waals surface area contributed by atoms with Gasteiger partial charge in [-0.2, -0.15) is 18.4 Å². The van der Waals surface area contributed by atoms with Crippen LogP contribution in [0.4, 0.5) is 24.5 Å². The van der Waals surface area contributed by atoms with Gasteiger partial charge < -0.3 is 5.32 Å². The lowest BCUT2D eigenvalue weighted by Crippen LogP contribution is -2.08. The molecule has 2 aromatic rings. The number of benzene rings is 2. The zero-order valence-corrected chi connectivity index (χ0v) is 12.6. The van der Waals surface area contributed by atoms with Crippen LogP contribution in [0.25, 0.3) is 0 Å². The maximum atomic E-state index is 12.7. The molecule has 0 fully saturated rings. The van der Waals surface area contributed by atoms with Gasteiger partial charge in [-0.05, 0) is 36.4 Å². The molecule has 0 aliphatic rings. The third-order valence-electron chi connectivity index (χ3n) is 2.65. The first-order valence-electron chi connectivity index (χ1n) is 5.64. The van der Waals surface area contributed by atoms with Crippen LogP contribution in [0.1, 0.15) is 11.1 Å². The van der Waals surface area contributed by atoms with Crippen molar-refractivity contribution in [2.75, 3.05) is 5.32 Å². The highest BCUT2D eigenvalue weighted by Gasteiger charge is 2.33. The molecule has 0 saturated carbocycles. The van der Waals surface area contributed by atoms with Gasteiger partial charge in [0.25, 0.3) is 0 Å². The molecule has 1 N–H and O–H groups in total. The van der Waals surface area contributed by atoms with Gasteiger partial charge in [-0.25, -0.2) is 0 Å². The van der Waals surface area contributed by atoms with Crippen LogP contribution in [0.15, 0.2) is 40.9 Å². The molecule has 0 aliphatic heterocycles. The minimum absolute atomic E-state index is 0.347. The van der Waals surface area contributed by atoms with Crippen molar-refractivity contribution < 1.29 is 13.2 Å². The Labute approximate surface area is 132 Å². The SMILES string of the molecule is N#Cc1cc(Nc2cc(Br)ccc2Cl)ccc1C(F)(F)F. The van der Waals surface area contributed by atoms with Crippen LogP contribution in [0.5, 0.6) is 0 Å². The summed E-state index contributed by atoms with van der Waals surface area (Å²) in [6, 6.07) is 9.88. The number of hydrogen-bond donors (Lipinski definition) is 1. The lowest BCUT2D eigenvalue weighted by molar-refractivity contribution is -0.137. The maximum Gasteiger partial charge on any atom is 0.417 e. The van der Waals surface area contributed by atoms with E-state index in [0.29, 0.717) is 16.4 Å². The number of anilines is 2. The summed E-state index contributed by atoms with van der Waals surface area (Å²) in [4.78, 5) is 0. The van der Waals surface area contributed by atoms with E-state index in [1.54, 1.807) is 24.3 Å². The first-order valence-corrected chi connectivity index (χ1v) is 6.82. The van der Waals surface area contributed by atoms with Crippen molar-refractivity contribution >= 4 is 38.9 Å². The van der Waals surface area contributed by atoms with Crippen LogP contribution in [-0.2, 0) is 6.18 Å². The highest BCUT2D eigenvalue weighted by atomic mass is 79.9. The highest BCUT2D eigenvalue weighted by molar-refractivity contribution is 9.10. The summed E-state index contributed by atoms with van der Waals surface area (Å²) in [5.41, 5.74) is -0.538. The minimum Gasteiger partial charge on any atom is -0.354 e. The van der Waals surface area contributed by atoms with Crippen LogP contribution in [0.3, 0.4) is 0 Å². The van der Waals surface area contributed by atoms with Crippen molar-refractivity contribution in [3.8, 4) is 6.07 Å². The van der Waals surface area contributed by atoms with E-state index in [-0.39, 0.29) is 0 Å². The van der Waals surface area contributed by atoms with Crippen molar-refractivity contribution in [2.45, 2.75) is 6.18 Å². The third kappa shape index (κ3) is 3.69. The van der Waals surface area contributed by atoms with Crippen LogP contribution < -0.4 is 5.32 Å².